The molecule has 0 aliphatic carbocycles. The predicted molar refractivity (Wildman–Crippen MR) is 91.2 cm³/mol. The van der Waals surface area contributed by atoms with Gasteiger partial charge in [0.2, 0.25) is 5.91 Å². The number of nitrogens with one attached hydrogen (secondary N) is 2. The third-order valence-corrected chi connectivity index (χ3v) is 4.01. The first-order chi connectivity index (χ1) is 11.1. The minimum Gasteiger partial charge on any atom is -0.492 e. The molecule has 0 spiro atoms. The van der Waals surface area contributed by atoms with Crippen LogP contribution in [0.5, 0.6) is 5.75 Å². The molecule has 1 heterocycles. The van der Waals surface area contributed by atoms with Crippen LogP contribution >= 0.6 is 22.9 Å². The third kappa shape index (κ3) is 6.30. The lowest BCUT2D eigenvalue weighted by Crippen LogP contribution is -2.32. The molecule has 0 saturated heterocycles. The zero-order chi connectivity index (χ0) is 16.5. The van der Waals surface area contributed by atoms with E-state index >= 15 is 0 Å². The summed E-state index contributed by atoms with van der Waals surface area (Å²) < 4.78 is 5.46. The Labute approximate surface area is 143 Å². The van der Waals surface area contributed by atoms with Crippen LogP contribution in [0.15, 0.2) is 41.8 Å². The van der Waals surface area contributed by atoms with E-state index in [-0.39, 0.29) is 18.2 Å². The molecule has 5 nitrogen and oxygen atoms in total. The van der Waals surface area contributed by atoms with Gasteiger partial charge in [0.05, 0.1) is 11.4 Å². The number of carbonyl (C=O) groups excluding carboxylic acids is 2. The maximum absolute atomic E-state index is 11.7. The number of amides is 2. The Morgan fingerprint density at radius 3 is 2.57 bits per heavy atom. The molecule has 1 aromatic carbocycles. The molecular weight excluding hydrogens is 336 g/mol. The highest BCUT2D eigenvalue weighted by Gasteiger charge is 2.07. The predicted octanol–water partition coefficient (Wildman–Crippen LogP) is 2.72. The zero-order valence-electron chi connectivity index (χ0n) is 12.4. The first kappa shape index (κ1) is 17.3. The SMILES string of the molecule is O=C(CCNC(=O)c1cccs1)NCCOc1ccc(Cl)cc1. The number of hydrogen-bond acceptors (Lipinski definition) is 4. The number of ether oxygens (including phenoxy) is 1. The van der Waals surface area contributed by atoms with Crippen LogP contribution in [0, 0.1) is 0 Å². The van der Waals surface area contributed by atoms with Crippen molar-refractivity contribution in [1.82, 2.24) is 10.6 Å². The Balaban J connectivity index is 1.55. The second-order valence-corrected chi connectivity index (χ2v) is 6.02. The summed E-state index contributed by atoms with van der Waals surface area (Å²) in [6.45, 7) is 1.08. The monoisotopic (exact) mass is 352 g/mol. The Morgan fingerprint density at radius 1 is 1.09 bits per heavy atom. The molecule has 1 aromatic heterocycles. The average Bonchev–Trinajstić information content (AvgIpc) is 3.08. The second kappa shape index (κ2) is 9.17. The summed E-state index contributed by atoms with van der Waals surface area (Å²) in [7, 11) is 0. The highest BCUT2D eigenvalue weighted by molar-refractivity contribution is 7.12. The van der Waals surface area contributed by atoms with Gasteiger partial charge in [-0.05, 0) is 35.7 Å². The number of hydrogen-bond donors (Lipinski definition) is 2. The topological polar surface area (TPSA) is 67.4 Å². The Hall–Kier alpha value is -2.05. The number of benzene rings is 1. The molecule has 0 atom stereocenters. The van der Waals surface area contributed by atoms with E-state index in [1.165, 1.54) is 11.3 Å². The lowest BCUT2D eigenvalue weighted by atomic mass is 10.3. The van der Waals surface area contributed by atoms with Gasteiger partial charge in [-0.2, -0.15) is 0 Å². The Morgan fingerprint density at radius 2 is 1.87 bits per heavy atom. The van der Waals surface area contributed by atoms with Crippen molar-refractivity contribution in [3.63, 3.8) is 0 Å². The zero-order valence-corrected chi connectivity index (χ0v) is 14.0. The van der Waals surface area contributed by atoms with Gasteiger partial charge in [-0.3, -0.25) is 9.59 Å². The summed E-state index contributed by atoms with van der Waals surface area (Å²) in [5, 5.41) is 7.92. The van der Waals surface area contributed by atoms with Crippen molar-refractivity contribution in [2.75, 3.05) is 19.7 Å². The molecule has 2 rings (SSSR count). The largest absolute Gasteiger partial charge is 0.492 e. The van der Waals surface area contributed by atoms with Crippen molar-refractivity contribution in [3.8, 4) is 5.75 Å². The van der Waals surface area contributed by atoms with Crippen LogP contribution in [-0.4, -0.2) is 31.5 Å². The highest BCUT2D eigenvalue weighted by atomic mass is 35.5. The fraction of sp³-hybridized carbons (Fsp3) is 0.250. The molecule has 7 heteroatoms. The molecular formula is C16H17ClN2O3S. The lowest BCUT2D eigenvalue weighted by Gasteiger charge is -2.08. The summed E-state index contributed by atoms with van der Waals surface area (Å²) in [5.41, 5.74) is 0. The molecule has 0 saturated carbocycles. The molecule has 0 unspecified atom stereocenters. The van der Waals surface area contributed by atoms with E-state index in [9.17, 15) is 9.59 Å². The summed E-state index contributed by atoms with van der Waals surface area (Å²) >= 11 is 7.14. The summed E-state index contributed by atoms with van der Waals surface area (Å²) in [6.07, 6.45) is 0.234. The van der Waals surface area contributed by atoms with Gasteiger partial charge in [-0.25, -0.2) is 0 Å². The minimum atomic E-state index is -0.154. The summed E-state index contributed by atoms with van der Waals surface area (Å²) in [6, 6.07) is 10.6. The standard InChI is InChI=1S/C16H17ClN2O3S/c17-12-3-5-13(6-4-12)22-10-9-18-15(20)7-8-19-16(21)14-2-1-11-23-14/h1-6,11H,7-10H2,(H,18,20)(H,19,21). The third-order valence-electron chi connectivity index (χ3n) is 2.89. The smallest absolute Gasteiger partial charge is 0.261 e. The number of thiophene rings is 1. The van der Waals surface area contributed by atoms with E-state index in [4.69, 9.17) is 16.3 Å². The van der Waals surface area contributed by atoms with Gasteiger partial charge >= 0.3 is 0 Å². The van der Waals surface area contributed by atoms with Gasteiger partial charge in [-0.1, -0.05) is 17.7 Å². The van der Waals surface area contributed by atoms with Crippen molar-refractivity contribution in [2.24, 2.45) is 0 Å². The van der Waals surface area contributed by atoms with E-state index in [2.05, 4.69) is 10.6 Å². The van der Waals surface area contributed by atoms with Gasteiger partial charge in [0.15, 0.2) is 0 Å². The lowest BCUT2D eigenvalue weighted by molar-refractivity contribution is -0.121. The van der Waals surface area contributed by atoms with Crippen LogP contribution in [0.4, 0.5) is 0 Å². The molecule has 0 fully saturated rings. The molecule has 0 bridgehead atoms. The van der Waals surface area contributed by atoms with Crippen LogP contribution in [-0.2, 0) is 4.79 Å². The summed E-state index contributed by atoms with van der Waals surface area (Å²) in [5.74, 6) is 0.418. The van der Waals surface area contributed by atoms with E-state index < -0.39 is 0 Å². The van der Waals surface area contributed by atoms with Crippen LogP contribution in [0.2, 0.25) is 5.02 Å². The van der Waals surface area contributed by atoms with Crippen molar-refractivity contribution in [2.45, 2.75) is 6.42 Å². The van der Waals surface area contributed by atoms with Crippen molar-refractivity contribution in [3.05, 3.63) is 51.7 Å². The van der Waals surface area contributed by atoms with Crippen LogP contribution in [0.1, 0.15) is 16.1 Å². The van der Waals surface area contributed by atoms with Crippen molar-refractivity contribution < 1.29 is 14.3 Å². The molecule has 0 radical (unpaired) electrons. The van der Waals surface area contributed by atoms with E-state index in [0.29, 0.717) is 35.3 Å². The Kier molecular flexibility index (Phi) is 6.90. The first-order valence-electron chi connectivity index (χ1n) is 7.12. The minimum absolute atomic E-state index is 0.129. The molecule has 2 N–H and O–H groups in total. The van der Waals surface area contributed by atoms with Gasteiger partial charge in [0.1, 0.15) is 12.4 Å². The maximum Gasteiger partial charge on any atom is 0.261 e. The molecule has 0 aliphatic rings. The van der Waals surface area contributed by atoms with Crippen molar-refractivity contribution in [1.29, 1.82) is 0 Å². The molecule has 2 amide bonds. The number of carbonyl (C=O) groups is 2. The highest BCUT2D eigenvalue weighted by Crippen LogP contribution is 2.15. The molecule has 2 aromatic rings. The van der Waals surface area contributed by atoms with Gasteiger partial charge in [-0.15, -0.1) is 11.3 Å². The van der Waals surface area contributed by atoms with E-state index in [1.54, 1.807) is 30.3 Å². The fourth-order valence-corrected chi connectivity index (χ4v) is 2.53. The average molecular weight is 353 g/mol. The van der Waals surface area contributed by atoms with Gasteiger partial charge in [0.25, 0.3) is 5.91 Å². The first-order valence-corrected chi connectivity index (χ1v) is 8.37. The second-order valence-electron chi connectivity index (χ2n) is 4.64. The van der Waals surface area contributed by atoms with Crippen LogP contribution < -0.4 is 15.4 Å². The number of rotatable bonds is 8. The van der Waals surface area contributed by atoms with E-state index in [0.717, 1.165) is 0 Å². The van der Waals surface area contributed by atoms with Crippen molar-refractivity contribution >= 4 is 34.8 Å². The number of halogens is 1. The molecule has 23 heavy (non-hydrogen) atoms. The van der Waals surface area contributed by atoms with Crippen LogP contribution in [0.3, 0.4) is 0 Å². The molecule has 0 aliphatic heterocycles. The maximum atomic E-state index is 11.7. The quantitative estimate of drug-likeness (QED) is 0.718. The Bertz CT molecular complexity index is 629. The van der Waals surface area contributed by atoms with E-state index in [1.807, 2.05) is 11.4 Å². The van der Waals surface area contributed by atoms with Crippen LogP contribution in [0.25, 0.3) is 0 Å². The van der Waals surface area contributed by atoms with Gasteiger partial charge < -0.3 is 15.4 Å². The van der Waals surface area contributed by atoms with Gasteiger partial charge in [0, 0.05) is 18.0 Å². The fourth-order valence-electron chi connectivity index (χ4n) is 1.76. The molecule has 122 valence electrons. The summed E-state index contributed by atoms with van der Waals surface area (Å²) in [4.78, 5) is 23.9. The normalized spacial score (nSPS) is 10.1.